The van der Waals surface area contributed by atoms with Crippen molar-refractivity contribution in [3.05, 3.63) is 35.9 Å². The minimum Gasteiger partial charge on any atom is -0.198 e. The average Bonchev–Trinajstić information content (AvgIpc) is 2.69. The predicted molar refractivity (Wildman–Crippen MR) is 52.1 cm³/mol. The van der Waals surface area contributed by atoms with Gasteiger partial charge in [0.25, 0.3) is 0 Å². The lowest BCUT2D eigenvalue weighted by molar-refractivity contribution is 0.596. The van der Waals surface area contributed by atoms with Gasteiger partial charge in [0.1, 0.15) is 0 Å². The van der Waals surface area contributed by atoms with Crippen LogP contribution in [0.15, 0.2) is 30.3 Å². The Morgan fingerprint density at radius 1 is 1.23 bits per heavy atom. The summed E-state index contributed by atoms with van der Waals surface area (Å²) in [6.07, 6.45) is 0. The van der Waals surface area contributed by atoms with Gasteiger partial charge in [0.05, 0.1) is 12.0 Å². The zero-order valence-electron chi connectivity index (χ0n) is 7.99. The van der Waals surface area contributed by atoms with Crippen LogP contribution in [0.5, 0.6) is 0 Å². The standard InChI is InChI=1S/C12H13N/c1-12(2)10(8-13)11(12)9-6-4-3-5-7-9/h3-7,10-11H,1-2H3/t10-,11-/m0/s1. The smallest absolute Gasteiger partial charge is 0.0668 e. The zero-order chi connectivity index (χ0) is 9.47. The first-order chi connectivity index (χ1) is 6.18. The maximum absolute atomic E-state index is 8.92. The first kappa shape index (κ1) is 8.31. The van der Waals surface area contributed by atoms with E-state index in [1.165, 1.54) is 5.56 Å². The van der Waals surface area contributed by atoms with Crippen molar-refractivity contribution in [2.24, 2.45) is 11.3 Å². The second-order valence-corrected chi connectivity index (χ2v) is 4.32. The van der Waals surface area contributed by atoms with Crippen LogP contribution >= 0.6 is 0 Å². The second kappa shape index (κ2) is 2.60. The highest BCUT2D eigenvalue weighted by atomic mass is 14.6. The lowest BCUT2D eigenvalue weighted by Gasteiger charge is -2.00. The van der Waals surface area contributed by atoms with E-state index < -0.39 is 0 Å². The van der Waals surface area contributed by atoms with E-state index in [4.69, 9.17) is 5.26 Å². The van der Waals surface area contributed by atoms with Crippen LogP contribution in [0, 0.1) is 22.7 Å². The lowest BCUT2D eigenvalue weighted by atomic mass is 10.0. The highest BCUT2D eigenvalue weighted by Gasteiger charge is 2.58. The number of hydrogen-bond acceptors (Lipinski definition) is 1. The summed E-state index contributed by atoms with van der Waals surface area (Å²) in [6, 6.07) is 12.7. The van der Waals surface area contributed by atoms with Gasteiger partial charge in [-0.05, 0) is 11.0 Å². The third-order valence-corrected chi connectivity index (χ3v) is 3.13. The van der Waals surface area contributed by atoms with Gasteiger partial charge in [-0.15, -0.1) is 0 Å². The van der Waals surface area contributed by atoms with E-state index >= 15 is 0 Å². The molecule has 0 heterocycles. The second-order valence-electron chi connectivity index (χ2n) is 4.32. The van der Waals surface area contributed by atoms with Gasteiger partial charge in [-0.2, -0.15) is 5.26 Å². The summed E-state index contributed by atoms with van der Waals surface area (Å²) in [5, 5.41) is 8.92. The summed E-state index contributed by atoms with van der Waals surface area (Å²) in [4.78, 5) is 0. The molecule has 1 heteroatoms. The number of nitriles is 1. The number of rotatable bonds is 1. The molecule has 0 spiro atoms. The van der Waals surface area contributed by atoms with Gasteiger partial charge in [-0.3, -0.25) is 0 Å². The van der Waals surface area contributed by atoms with Crippen molar-refractivity contribution < 1.29 is 0 Å². The van der Waals surface area contributed by atoms with Crippen molar-refractivity contribution in [2.75, 3.05) is 0 Å². The largest absolute Gasteiger partial charge is 0.198 e. The Balaban J connectivity index is 2.28. The molecule has 1 aliphatic rings. The molecule has 0 unspecified atom stereocenters. The van der Waals surface area contributed by atoms with Crippen LogP contribution in [0.3, 0.4) is 0 Å². The molecule has 1 aromatic carbocycles. The molecule has 0 saturated heterocycles. The average molecular weight is 171 g/mol. The molecular formula is C12H13N. The quantitative estimate of drug-likeness (QED) is 0.637. The first-order valence-electron chi connectivity index (χ1n) is 4.62. The maximum Gasteiger partial charge on any atom is 0.0668 e. The maximum atomic E-state index is 8.92. The van der Waals surface area contributed by atoms with E-state index in [0.717, 1.165) is 0 Å². The third kappa shape index (κ3) is 1.14. The van der Waals surface area contributed by atoms with E-state index in [1.807, 2.05) is 18.2 Å². The van der Waals surface area contributed by atoms with E-state index in [-0.39, 0.29) is 11.3 Å². The molecule has 1 saturated carbocycles. The van der Waals surface area contributed by atoms with Gasteiger partial charge < -0.3 is 0 Å². The summed E-state index contributed by atoms with van der Waals surface area (Å²) in [6.45, 7) is 4.33. The molecule has 0 N–H and O–H groups in total. The van der Waals surface area contributed by atoms with Crippen LogP contribution in [-0.4, -0.2) is 0 Å². The SMILES string of the molecule is CC1(C)[C@@H](C#N)[C@@H]1c1ccccc1. The minimum absolute atomic E-state index is 0.177. The molecule has 2 atom stereocenters. The van der Waals surface area contributed by atoms with Crippen LogP contribution in [0.4, 0.5) is 0 Å². The molecule has 2 rings (SSSR count). The molecule has 1 aliphatic carbocycles. The highest BCUT2D eigenvalue weighted by molar-refractivity contribution is 5.35. The van der Waals surface area contributed by atoms with E-state index in [9.17, 15) is 0 Å². The Morgan fingerprint density at radius 2 is 1.85 bits per heavy atom. The van der Waals surface area contributed by atoms with Crippen molar-refractivity contribution in [2.45, 2.75) is 19.8 Å². The van der Waals surface area contributed by atoms with E-state index in [1.54, 1.807) is 0 Å². The summed E-state index contributed by atoms with van der Waals surface area (Å²) in [5.41, 5.74) is 1.48. The molecule has 0 radical (unpaired) electrons. The van der Waals surface area contributed by atoms with Gasteiger partial charge in [0.2, 0.25) is 0 Å². The Kier molecular flexibility index (Phi) is 1.66. The molecular weight excluding hydrogens is 158 g/mol. The van der Waals surface area contributed by atoms with Gasteiger partial charge in [0, 0.05) is 5.92 Å². The fraction of sp³-hybridized carbons (Fsp3) is 0.417. The van der Waals surface area contributed by atoms with Crippen LogP contribution in [0.2, 0.25) is 0 Å². The predicted octanol–water partition coefficient (Wildman–Crippen LogP) is 2.95. The fourth-order valence-electron chi connectivity index (χ4n) is 2.16. The van der Waals surface area contributed by atoms with E-state index in [2.05, 4.69) is 32.0 Å². The van der Waals surface area contributed by atoms with Crippen molar-refractivity contribution in [3.63, 3.8) is 0 Å². The Labute approximate surface area is 79.0 Å². The third-order valence-electron chi connectivity index (χ3n) is 3.13. The lowest BCUT2D eigenvalue weighted by Crippen LogP contribution is -1.89. The highest BCUT2D eigenvalue weighted by Crippen LogP contribution is 2.63. The molecule has 1 fully saturated rings. The molecule has 0 aliphatic heterocycles. The van der Waals surface area contributed by atoms with Gasteiger partial charge in [-0.1, -0.05) is 44.2 Å². The van der Waals surface area contributed by atoms with Crippen LogP contribution in [0.1, 0.15) is 25.3 Å². The Morgan fingerprint density at radius 3 is 2.31 bits per heavy atom. The molecule has 66 valence electrons. The zero-order valence-corrected chi connectivity index (χ0v) is 7.99. The normalized spacial score (nSPS) is 29.3. The van der Waals surface area contributed by atoms with Crippen molar-refractivity contribution in [1.82, 2.24) is 0 Å². The Bertz CT molecular complexity index is 345. The van der Waals surface area contributed by atoms with Crippen LogP contribution in [0.25, 0.3) is 0 Å². The monoisotopic (exact) mass is 171 g/mol. The van der Waals surface area contributed by atoms with Gasteiger partial charge in [0.15, 0.2) is 0 Å². The van der Waals surface area contributed by atoms with Crippen LogP contribution < -0.4 is 0 Å². The topological polar surface area (TPSA) is 23.8 Å². The Hall–Kier alpha value is -1.29. The summed E-state index contributed by atoms with van der Waals surface area (Å²) in [7, 11) is 0. The van der Waals surface area contributed by atoms with Crippen LogP contribution in [-0.2, 0) is 0 Å². The number of hydrogen-bond donors (Lipinski definition) is 0. The summed E-state index contributed by atoms with van der Waals surface area (Å²) in [5.74, 6) is 0.647. The first-order valence-corrected chi connectivity index (χ1v) is 4.62. The van der Waals surface area contributed by atoms with Crippen molar-refractivity contribution in [3.8, 4) is 6.07 Å². The number of benzene rings is 1. The molecule has 1 nitrogen and oxygen atoms in total. The molecule has 0 bridgehead atoms. The minimum atomic E-state index is 0.177. The molecule has 13 heavy (non-hydrogen) atoms. The summed E-state index contributed by atoms with van der Waals surface area (Å²) >= 11 is 0. The number of nitrogens with zero attached hydrogens (tertiary/aromatic N) is 1. The fourth-order valence-corrected chi connectivity index (χ4v) is 2.16. The van der Waals surface area contributed by atoms with Gasteiger partial charge >= 0.3 is 0 Å². The molecule has 0 amide bonds. The molecule has 1 aromatic rings. The van der Waals surface area contributed by atoms with E-state index in [0.29, 0.717) is 5.92 Å². The molecule has 0 aromatic heterocycles. The van der Waals surface area contributed by atoms with Crippen molar-refractivity contribution in [1.29, 1.82) is 5.26 Å². The summed E-state index contributed by atoms with van der Waals surface area (Å²) < 4.78 is 0. The van der Waals surface area contributed by atoms with Crippen molar-refractivity contribution >= 4 is 0 Å². The van der Waals surface area contributed by atoms with Gasteiger partial charge in [-0.25, -0.2) is 0 Å².